The lowest BCUT2D eigenvalue weighted by atomic mass is 9.90. The second-order valence-corrected chi connectivity index (χ2v) is 3.44. The predicted octanol–water partition coefficient (Wildman–Crippen LogP) is 2.37. The third-order valence-corrected chi connectivity index (χ3v) is 2.47. The van der Waals surface area contributed by atoms with Gasteiger partial charge < -0.3 is 5.11 Å². The van der Waals surface area contributed by atoms with Crippen LogP contribution in [0.2, 0.25) is 0 Å². The Morgan fingerprint density at radius 2 is 2.07 bits per heavy atom. The van der Waals surface area contributed by atoms with Gasteiger partial charge in [-0.25, -0.2) is 0 Å². The minimum Gasteiger partial charge on any atom is -0.391 e. The lowest BCUT2D eigenvalue weighted by Gasteiger charge is -2.16. The minimum atomic E-state index is -0.568. The Balaban J connectivity index is 3.02. The molecule has 0 aliphatic carbocycles. The molecule has 0 fully saturated rings. The van der Waals surface area contributed by atoms with E-state index in [9.17, 15) is 5.11 Å². The zero-order valence-corrected chi connectivity index (χ0v) is 8.57. The number of benzene rings is 1. The van der Waals surface area contributed by atoms with Crippen LogP contribution in [0.15, 0.2) is 24.3 Å². The Morgan fingerprint density at radius 3 is 2.57 bits per heavy atom. The molecule has 0 aliphatic heterocycles. The number of nitriles is 1. The summed E-state index contributed by atoms with van der Waals surface area (Å²) < 4.78 is 0. The maximum Gasteiger partial charge on any atom is 0.0974 e. The molecule has 1 aromatic rings. The first-order chi connectivity index (χ1) is 6.70. The molecular weight excluding hydrogens is 174 g/mol. The van der Waals surface area contributed by atoms with Crippen molar-refractivity contribution in [1.82, 2.24) is 0 Å². The topological polar surface area (TPSA) is 44.0 Å². The van der Waals surface area contributed by atoms with Crippen LogP contribution in [0.4, 0.5) is 0 Å². The van der Waals surface area contributed by atoms with Crippen LogP contribution in [0.1, 0.15) is 30.4 Å². The van der Waals surface area contributed by atoms with Crippen molar-refractivity contribution in [3.8, 4) is 6.07 Å². The average Bonchev–Trinajstić information content (AvgIpc) is 2.21. The van der Waals surface area contributed by atoms with Gasteiger partial charge in [-0.1, -0.05) is 31.2 Å². The quantitative estimate of drug-likeness (QED) is 0.793. The van der Waals surface area contributed by atoms with Crippen molar-refractivity contribution < 1.29 is 5.11 Å². The Morgan fingerprint density at radius 1 is 1.43 bits per heavy atom. The number of aliphatic hydroxyl groups is 1. The standard InChI is InChI=1S/C12H15NO/c1-3-12(14)11(8-13)10-7-5-4-6-9(10)2/h4-7,11-12,14H,3H2,1-2H3. The summed E-state index contributed by atoms with van der Waals surface area (Å²) in [6.45, 7) is 3.84. The number of aliphatic hydroxyl groups excluding tert-OH is 1. The Kier molecular flexibility index (Phi) is 3.67. The molecule has 2 atom stereocenters. The van der Waals surface area contributed by atoms with E-state index in [-0.39, 0.29) is 0 Å². The van der Waals surface area contributed by atoms with Crippen molar-refractivity contribution >= 4 is 0 Å². The van der Waals surface area contributed by atoms with E-state index in [1.807, 2.05) is 38.1 Å². The van der Waals surface area contributed by atoms with E-state index in [2.05, 4.69) is 6.07 Å². The Bertz CT molecular complexity index is 340. The first kappa shape index (κ1) is 10.7. The molecule has 1 aromatic carbocycles. The SMILES string of the molecule is CCC(O)C(C#N)c1ccccc1C. The number of aryl methyl sites for hydroxylation is 1. The largest absolute Gasteiger partial charge is 0.391 e. The Labute approximate surface area is 84.8 Å². The predicted molar refractivity (Wildman–Crippen MR) is 55.8 cm³/mol. The van der Waals surface area contributed by atoms with Gasteiger partial charge in [-0.05, 0) is 24.5 Å². The van der Waals surface area contributed by atoms with Gasteiger partial charge in [0.25, 0.3) is 0 Å². The van der Waals surface area contributed by atoms with Crippen LogP contribution in [0.5, 0.6) is 0 Å². The molecule has 2 nitrogen and oxygen atoms in total. The van der Waals surface area contributed by atoms with E-state index in [0.29, 0.717) is 6.42 Å². The number of hydrogen-bond donors (Lipinski definition) is 1. The van der Waals surface area contributed by atoms with Gasteiger partial charge in [-0.2, -0.15) is 5.26 Å². The molecule has 74 valence electrons. The zero-order chi connectivity index (χ0) is 10.6. The van der Waals surface area contributed by atoms with Crippen molar-refractivity contribution in [2.45, 2.75) is 32.3 Å². The fourth-order valence-corrected chi connectivity index (χ4v) is 1.53. The first-order valence-electron chi connectivity index (χ1n) is 4.84. The molecule has 0 heterocycles. The second-order valence-electron chi connectivity index (χ2n) is 3.44. The van der Waals surface area contributed by atoms with E-state index in [1.165, 1.54) is 0 Å². The van der Waals surface area contributed by atoms with Crippen LogP contribution in [0.3, 0.4) is 0 Å². The molecule has 0 amide bonds. The monoisotopic (exact) mass is 189 g/mol. The highest BCUT2D eigenvalue weighted by Gasteiger charge is 2.20. The van der Waals surface area contributed by atoms with Gasteiger partial charge in [-0.15, -0.1) is 0 Å². The lowest BCUT2D eigenvalue weighted by Crippen LogP contribution is -2.16. The van der Waals surface area contributed by atoms with E-state index >= 15 is 0 Å². The van der Waals surface area contributed by atoms with Gasteiger partial charge in [0, 0.05) is 0 Å². The molecule has 2 heteroatoms. The summed E-state index contributed by atoms with van der Waals surface area (Å²) in [5.74, 6) is -0.402. The van der Waals surface area contributed by atoms with Gasteiger partial charge in [0.15, 0.2) is 0 Å². The normalized spacial score (nSPS) is 14.4. The van der Waals surface area contributed by atoms with Gasteiger partial charge in [0.2, 0.25) is 0 Å². The van der Waals surface area contributed by atoms with Gasteiger partial charge in [0.05, 0.1) is 18.1 Å². The van der Waals surface area contributed by atoms with E-state index < -0.39 is 12.0 Å². The maximum atomic E-state index is 9.67. The van der Waals surface area contributed by atoms with Crippen molar-refractivity contribution in [2.24, 2.45) is 0 Å². The summed E-state index contributed by atoms with van der Waals surface area (Å²) in [5, 5.41) is 18.7. The highest BCUT2D eigenvalue weighted by molar-refractivity contribution is 5.33. The fourth-order valence-electron chi connectivity index (χ4n) is 1.53. The van der Waals surface area contributed by atoms with Crippen molar-refractivity contribution in [3.05, 3.63) is 35.4 Å². The van der Waals surface area contributed by atoms with Crippen molar-refractivity contribution in [2.75, 3.05) is 0 Å². The smallest absolute Gasteiger partial charge is 0.0974 e. The van der Waals surface area contributed by atoms with E-state index in [4.69, 9.17) is 5.26 Å². The lowest BCUT2D eigenvalue weighted by molar-refractivity contribution is 0.157. The molecule has 1 rings (SSSR count). The number of nitrogens with zero attached hydrogens (tertiary/aromatic N) is 1. The summed E-state index contributed by atoms with van der Waals surface area (Å²) in [4.78, 5) is 0. The third-order valence-electron chi connectivity index (χ3n) is 2.47. The molecule has 0 bridgehead atoms. The van der Waals surface area contributed by atoms with Crippen LogP contribution in [0, 0.1) is 18.3 Å². The molecule has 0 radical (unpaired) electrons. The number of hydrogen-bond acceptors (Lipinski definition) is 2. The van der Waals surface area contributed by atoms with Crippen molar-refractivity contribution in [3.63, 3.8) is 0 Å². The molecule has 0 aliphatic rings. The molecule has 0 spiro atoms. The first-order valence-corrected chi connectivity index (χ1v) is 4.84. The van der Waals surface area contributed by atoms with Gasteiger partial charge >= 0.3 is 0 Å². The van der Waals surface area contributed by atoms with Crippen LogP contribution < -0.4 is 0 Å². The van der Waals surface area contributed by atoms with Crippen LogP contribution >= 0.6 is 0 Å². The van der Waals surface area contributed by atoms with Crippen LogP contribution in [-0.2, 0) is 0 Å². The van der Waals surface area contributed by atoms with Gasteiger partial charge in [-0.3, -0.25) is 0 Å². The molecule has 1 N–H and O–H groups in total. The molecule has 0 saturated heterocycles. The average molecular weight is 189 g/mol. The van der Waals surface area contributed by atoms with Gasteiger partial charge in [0.1, 0.15) is 0 Å². The molecule has 0 aromatic heterocycles. The summed E-state index contributed by atoms with van der Waals surface area (Å²) in [5.41, 5.74) is 2.00. The highest BCUT2D eigenvalue weighted by atomic mass is 16.3. The third kappa shape index (κ3) is 2.12. The highest BCUT2D eigenvalue weighted by Crippen LogP contribution is 2.23. The molecule has 2 unspecified atom stereocenters. The van der Waals surface area contributed by atoms with E-state index in [0.717, 1.165) is 11.1 Å². The van der Waals surface area contributed by atoms with Crippen LogP contribution in [-0.4, -0.2) is 11.2 Å². The summed E-state index contributed by atoms with van der Waals surface area (Å²) >= 11 is 0. The minimum absolute atomic E-state index is 0.402. The van der Waals surface area contributed by atoms with E-state index in [1.54, 1.807) is 0 Å². The summed E-state index contributed by atoms with van der Waals surface area (Å²) in [6, 6.07) is 9.86. The Hall–Kier alpha value is -1.33. The maximum absolute atomic E-state index is 9.67. The second kappa shape index (κ2) is 4.78. The molecular formula is C12H15NO. The van der Waals surface area contributed by atoms with Crippen molar-refractivity contribution in [1.29, 1.82) is 5.26 Å². The molecule has 14 heavy (non-hydrogen) atoms. The van der Waals surface area contributed by atoms with Crippen LogP contribution in [0.25, 0.3) is 0 Å². The zero-order valence-electron chi connectivity index (χ0n) is 8.57. The fraction of sp³-hybridized carbons (Fsp3) is 0.417. The number of rotatable bonds is 3. The molecule has 0 saturated carbocycles. The summed E-state index contributed by atoms with van der Waals surface area (Å²) in [6.07, 6.45) is 0.0353. The summed E-state index contributed by atoms with van der Waals surface area (Å²) in [7, 11) is 0.